The fourth-order valence-electron chi connectivity index (χ4n) is 1.31. The van der Waals surface area contributed by atoms with E-state index in [0.29, 0.717) is 12.1 Å². The molecular weight excluding hydrogens is 231 g/mol. The molecule has 0 amide bonds. The number of likely N-dealkylation sites (N-methyl/N-ethyl adjacent to an activating group) is 1. The minimum absolute atomic E-state index is 0.198. The molecule has 2 nitrogen and oxygen atoms in total. The zero-order valence-corrected chi connectivity index (χ0v) is 9.64. The van der Waals surface area contributed by atoms with E-state index in [0.717, 1.165) is 12.1 Å². The van der Waals surface area contributed by atoms with Crippen molar-refractivity contribution in [3.05, 3.63) is 35.4 Å². The second-order valence-electron chi connectivity index (χ2n) is 3.45. The van der Waals surface area contributed by atoms with E-state index in [1.807, 2.05) is 0 Å². The van der Waals surface area contributed by atoms with Crippen LogP contribution in [-0.4, -0.2) is 20.7 Å². The van der Waals surface area contributed by atoms with E-state index < -0.39 is 11.7 Å². The molecule has 0 fully saturated rings. The molecule has 0 atom stereocenters. The van der Waals surface area contributed by atoms with Gasteiger partial charge in [0.1, 0.15) is 5.75 Å². The molecule has 0 saturated heterocycles. The Labute approximate surface area is 98.1 Å². The third kappa shape index (κ3) is 4.11. The van der Waals surface area contributed by atoms with Gasteiger partial charge in [-0.1, -0.05) is 12.2 Å². The lowest BCUT2D eigenvalue weighted by Gasteiger charge is -2.10. The van der Waals surface area contributed by atoms with Crippen LogP contribution >= 0.6 is 0 Å². The van der Waals surface area contributed by atoms with Gasteiger partial charge in [-0.05, 0) is 30.8 Å². The highest BCUT2D eigenvalue weighted by molar-refractivity contribution is 5.54. The number of rotatable bonds is 4. The highest BCUT2D eigenvalue weighted by atomic mass is 19.4. The minimum Gasteiger partial charge on any atom is -0.497 e. The maximum absolute atomic E-state index is 12.6. The van der Waals surface area contributed by atoms with Gasteiger partial charge in [-0.15, -0.1) is 0 Å². The number of hydrogen-bond donors (Lipinski definition) is 1. The van der Waals surface area contributed by atoms with Crippen LogP contribution in [0.5, 0.6) is 5.75 Å². The first-order valence-corrected chi connectivity index (χ1v) is 5.05. The molecular formula is C12H14F3NO. The molecule has 0 saturated carbocycles. The summed E-state index contributed by atoms with van der Waals surface area (Å²) in [6, 6.07) is 3.63. The maximum atomic E-state index is 12.6. The van der Waals surface area contributed by atoms with Gasteiger partial charge in [0.05, 0.1) is 12.7 Å². The maximum Gasteiger partial charge on any atom is 0.416 e. The number of hydrogen-bond acceptors (Lipinski definition) is 2. The molecule has 0 spiro atoms. The molecule has 0 unspecified atom stereocenters. The first kappa shape index (κ1) is 13.6. The molecule has 5 heteroatoms. The fourth-order valence-corrected chi connectivity index (χ4v) is 1.31. The van der Waals surface area contributed by atoms with Crippen LogP contribution in [0.3, 0.4) is 0 Å². The topological polar surface area (TPSA) is 21.3 Å². The summed E-state index contributed by atoms with van der Waals surface area (Å²) < 4.78 is 42.6. The van der Waals surface area contributed by atoms with E-state index in [1.54, 1.807) is 25.3 Å². The average molecular weight is 245 g/mol. The highest BCUT2D eigenvalue weighted by Gasteiger charge is 2.31. The largest absolute Gasteiger partial charge is 0.497 e. The second-order valence-corrected chi connectivity index (χ2v) is 3.45. The lowest BCUT2D eigenvalue weighted by Crippen LogP contribution is -2.06. The standard InChI is InChI=1S/C12H14F3NO/c1-16-5-3-4-9-6-10(12(13,14)15)8-11(7-9)17-2/h3-4,6-8,16H,5H2,1-2H3. The zero-order valence-electron chi connectivity index (χ0n) is 9.64. The van der Waals surface area contributed by atoms with Crippen LogP contribution < -0.4 is 10.1 Å². The molecule has 94 valence electrons. The van der Waals surface area contributed by atoms with Gasteiger partial charge >= 0.3 is 6.18 Å². The Morgan fingerprint density at radius 2 is 2.00 bits per heavy atom. The Balaban J connectivity index is 3.06. The van der Waals surface area contributed by atoms with Crippen LogP contribution in [0, 0.1) is 0 Å². The monoisotopic (exact) mass is 245 g/mol. The van der Waals surface area contributed by atoms with Crippen molar-refractivity contribution < 1.29 is 17.9 Å². The number of nitrogens with one attached hydrogen (secondary N) is 1. The van der Waals surface area contributed by atoms with E-state index in [2.05, 4.69) is 5.32 Å². The summed E-state index contributed by atoms with van der Waals surface area (Å²) in [5, 5.41) is 2.87. The van der Waals surface area contributed by atoms with Crippen molar-refractivity contribution in [1.82, 2.24) is 5.32 Å². The number of methoxy groups -OCH3 is 1. The summed E-state index contributed by atoms with van der Waals surface area (Å²) >= 11 is 0. The second kappa shape index (κ2) is 5.72. The number of halogens is 3. The smallest absolute Gasteiger partial charge is 0.416 e. The predicted molar refractivity (Wildman–Crippen MR) is 61.0 cm³/mol. The Morgan fingerprint density at radius 3 is 2.53 bits per heavy atom. The lowest BCUT2D eigenvalue weighted by molar-refractivity contribution is -0.137. The molecule has 17 heavy (non-hydrogen) atoms. The first-order chi connectivity index (χ1) is 7.97. The molecule has 0 aliphatic heterocycles. The SMILES string of the molecule is CNCC=Cc1cc(OC)cc(C(F)(F)F)c1. The molecule has 1 aromatic carbocycles. The molecule has 1 N–H and O–H groups in total. The normalized spacial score (nSPS) is 12.1. The summed E-state index contributed by atoms with van der Waals surface area (Å²) in [6.45, 7) is 0.596. The van der Waals surface area contributed by atoms with Gasteiger partial charge in [0.2, 0.25) is 0 Å². The van der Waals surface area contributed by atoms with Gasteiger partial charge in [-0.25, -0.2) is 0 Å². The molecule has 1 aromatic rings. The Bertz CT molecular complexity index is 399. The third-order valence-electron chi connectivity index (χ3n) is 2.12. The van der Waals surface area contributed by atoms with E-state index in [4.69, 9.17) is 4.74 Å². The van der Waals surface area contributed by atoms with Gasteiger partial charge in [0.25, 0.3) is 0 Å². The van der Waals surface area contributed by atoms with Gasteiger partial charge in [0, 0.05) is 6.54 Å². The van der Waals surface area contributed by atoms with Crippen LogP contribution in [0.15, 0.2) is 24.3 Å². The average Bonchev–Trinajstić information content (AvgIpc) is 2.28. The van der Waals surface area contributed by atoms with Crippen molar-refractivity contribution in [3.8, 4) is 5.75 Å². The summed E-state index contributed by atoms with van der Waals surface area (Å²) in [7, 11) is 3.10. The quantitative estimate of drug-likeness (QED) is 0.880. The van der Waals surface area contributed by atoms with E-state index >= 15 is 0 Å². The van der Waals surface area contributed by atoms with Crippen molar-refractivity contribution >= 4 is 6.08 Å². The Hall–Kier alpha value is -1.49. The Kier molecular flexibility index (Phi) is 4.57. The predicted octanol–water partition coefficient (Wildman–Crippen LogP) is 2.95. The fraction of sp³-hybridized carbons (Fsp3) is 0.333. The van der Waals surface area contributed by atoms with Crippen LogP contribution in [0.1, 0.15) is 11.1 Å². The van der Waals surface area contributed by atoms with E-state index in [1.165, 1.54) is 7.11 Å². The zero-order chi connectivity index (χ0) is 12.9. The molecule has 0 aliphatic rings. The van der Waals surface area contributed by atoms with Gasteiger partial charge in [-0.3, -0.25) is 0 Å². The van der Waals surface area contributed by atoms with Crippen LogP contribution in [0.25, 0.3) is 6.08 Å². The molecule has 0 aliphatic carbocycles. The molecule has 0 radical (unpaired) electrons. The van der Waals surface area contributed by atoms with Crippen LogP contribution in [0.4, 0.5) is 13.2 Å². The van der Waals surface area contributed by atoms with Gasteiger partial charge < -0.3 is 10.1 Å². The molecule has 1 rings (SSSR count). The van der Waals surface area contributed by atoms with Crippen LogP contribution in [-0.2, 0) is 6.18 Å². The van der Waals surface area contributed by atoms with Crippen molar-refractivity contribution in [2.75, 3.05) is 20.7 Å². The van der Waals surface area contributed by atoms with Crippen molar-refractivity contribution in [1.29, 1.82) is 0 Å². The van der Waals surface area contributed by atoms with E-state index in [-0.39, 0.29) is 5.75 Å². The first-order valence-electron chi connectivity index (χ1n) is 5.05. The number of benzene rings is 1. The van der Waals surface area contributed by atoms with Gasteiger partial charge in [0.15, 0.2) is 0 Å². The molecule has 0 bridgehead atoms. The highest BCUT2D eigenvalue weighted by Crippen LogP contribution is 2.32. The third-order valence-corrected chi connectivity index (χ3v) is 2.12. The van der Waals surface area contributed by atoms with E-state index in [9.17, 15) is 13.2 Å². The van der Waals surface area contributed by atoms with Crippen LogP contribution in [0.2, 0.25) is 0 Å². The molecule has 0 aromatic heterocycles. The summed E-state index contributed by atoms with van der Waals surface area (Å²) in [5.41, 5.74) is -0.243. The summed E-state index contributed by atoms with van der Waals surface area (Å²) in [5.74, 6) is 0.198. The van der Waals surface area contributed by atoms with Crippen molar-refractivity contribution in [3.63, 3.8) is 0 Å². The van der Waals surface area contributed by atoms with Crippen molar-refractivity contribution in [2.24, 2.45) is 0 Å². The molecule has 0 heterocycles. The minimum atomic E-state index is -4.36. The van der Waals surface area contributed by atoms with Gasteiger partial charge in [-0.2, -0.15) is 13.2 Å². The summed E-state index contributed by atoms with van der Waals surface area (Å²) in [4.78, 5) is 0. The Morgan fingerprint density at radius 1 is 1.29 bits per heavy atom. The van der Waals surface area contributed by atoms with Crippen molar-refractivity contribution in [2.45, 2.75) is 6.18 Å². The summed E-state index contributed by atoms with van der Waals surface area (Å²) in [6.07, 6.45) is -0.997. The lowest BCUT2D eigenvalue weighted by atomic mass is 10.1. The number of alkyl halides is 3. The number of ether oxygens (including phenoxy) is 1.